The summed E-state index contributed by atoms with van der Waals surface area (Å²) in [5.74, 6) is -0.182. The number of fused-ring (bicyclic) bond motifs is 1. The SMILES string of the molecule is CNC(=O)Cc1cc(Cc2ncc(F)c(-c3cc(F)c4c(c3)N(C(C)C)CCO4)n2)ccc1C1CCN(C)CC1. The van der Waals surface area contributed by atoms with Crippen molar-refractivity contribution in [1.82, 2.24) is 20.2 Å². The number of nitrogens with zero attached hydrogens (tertiary/aromatic N) is 4. The lowest BCUT2D eigenvalue weighted by atomic mass is 9.84. The van der Waals surface area contributed by atoms with Crippen LogP contribution in [0.2, 0.25) is 0 Å². The van der Waals surface area contributed by atoms with Gasteiger partial charge in [-0.2, -0.15) is 0 Å². The lowest BCUT2D eigenvalue weighted by Gasteiger charge is -2.34. The molecule has 5 rings (SSSR count). The molecule has 0 aliphatic carbocycles. The third-order valence-electron chi connectivity index (χ3n) is 7.96. The van der Waals surface area contributed by atoms with E-state index in [4.69, 9.17) is 4.74 Å². The molecule has 1 saturated heterocycles. The summed E-state index contributed by atoms with van der Waals surface area (Å²) >= 11 is 0. The van der Waals surface area contributed by atoms with Crippen molar-refractivity contribution in [1.29, 1.82) is 0 Å². The zero-order valence-electron chi connectivity index (χ0n) is 23.6. The monoisotopic (exact) mass is 549 g/mol. The van der Waals surface area contributed by atoms with E-state index in [-0.39, 0.29) is 23.4 Å². The van der Waals surface area contributed by atoms with Crippen LogP contribution in [0, 0.1) is 11.6 Å². The molecule has 1 fully saturated rings. The molecule has 1 amide bonds. The number of carbonyl (C=O) groups is 1. The Balaban J connectivity index is 1.45. The molecule has 3 aromatic rings. The first-order valence-electron chi connectivity index (χ1n) is 14.0. The number of amides is 1. The number of hydrogen-bond donors (Lipinski definition) is 1. The van der Waals surface area contributed by atoms with Gasteiger partial charge in [0.2, 0.25) is 5.91 Å². The van der Waals surface area contributed by atoms with E-state index >= 15 is 8.78 Å². The van der Waals surface area contributed by atoms with Crippen molar-refractivity contribution in [2.75, 3.05) is 45.2 Å². The number of nitrogens with one attached hydrogen (secondary N) is 1. The lowest BCUT2D eigenvalue weighted by Crippen LogP contribution is -2.38. The number of benzene rings is 2. The van der Waals surface area contributed by atoms with Crippen molar-refractivity contribution < 1.29 is 18.3 Å². The molecule has 212 valence electrons. The van der Waals surface area contributed by atoms with Gasteiger partial charge >= 0.3 is 0 Å². The van der Waals surface area contributed by atoms with E-state index < -0.39 is 11.6 Å². The number of halogens is 2. The Bertz CT molecular complexity index is 1390. The van der Waals surface area contributed by atoms with Crippen molar-refractivity contribution in [2.24, 2.45) is 0 Å². The van der Waals surface area contributed by atoms with Crippen LogP contribution in [0.4, 0.5) is 14.5 Å². The van der Waals surface area contributed by atoms with Gasteiger partial charge < -0.3 is 19.9 Å². The van der Waals surface area contributed by atoms with Crippen LogP contribution in [0.1, 0.15) is 55.1 Å². The van der Waals surface area contributed by atoms with Gasteiger partial charge in [-0.25, -0.2) is 18.7 Å². The number of hydrogen-bond acceptors (Lipinski definition) is 6. The summed E-state index contributed by atoms with van der Waals surface area (Å²) in [4.78, 5) is 25.5. The van der Waals surface area contributed by atoms with Gasteiger partial charge in [0, 0.05) is 25.1 Å². The molecule has 1 aromatic heterocycles. The van der Waals surface area contributed by atoms with E-state index in [0.717, 1.165) is 43.3 Å². The average molecular weight is 550 g/mol. The Kier molecular flexibility index (Phi) is 8.30. The quantitative estimate of drug-likeness (QED) is 0.460. The highest BCUT2D eigenvalue weighted by atomic mass is 19.1. The maximum absolute atomic E-state index is 15.1. The average Bonchev–Trinajstić information content (AvgIpc) is 2.94. The first-order chi connectivity index (χ1) is 19.2. The highest BCUT2D eigenvalue weighted by Crippen LogP contribution is 2.39. The summed E-state index contributed by atoms with van der Waals surface area (Å²) in [6.45, 7) is 7.13. The van der Waals surface area contributed by atoms with Gasteiger partial charge in [-0.05, 0) is 81.6 Å². The van der Waals surface area contributed by atoms with E-state index in [0.29, 0.717) is 49.0 Å². The maximum Gasteiger partial charge on any atom is 0.224 e. The molecule has 0 atom stereocenters. The number of piperidine rings is 1. The predicted octanol–water partition coefficient (Wildman–Crippen LogP) is 4.72. The van der Waals surface area contributed by atoms with Gasteiger partial charge in [0.05, 0.1) is 24.8 Å². The molecule has 2 aliphatic rings. The summed E-state index contributed by atoms with van der Waals surface area (Å²) in [5.41, 5.74) is 4.13. The molecule has 0 saturated carbocycles. The Labute approximate surface area is 234 Å². The molecule has 0 spiro atoms. The molecule has 7 nitrogen and oxygen atoms in total. The molecule has 40 heavy (non-hydrogen) atoms. The minimum atomic E-state index is -0.617. The molecular weight excluding hydrogens is 512 g/mol. The maximum atomic E-state index is 15.1. The second-order valence-corrected chi connectivity index (χ2v) is 11.1. The fourth-order valence-corrected chi connectivity index (χ4v) is 5.75. The van der Waals surface area contributed by atoms with Crippen molar-refractivity contribution >= 4 is 11.6 Å². The van der Waals surface area contributed by atoms with Gasteiger partial charge in [0.15, 0.2) is 17.4 Å². The van der Waals surface area contributed by atoms with Crippen LogP contribution in [0.5, 0.6) is 5.75 Å². The minimum Gasteiger partial charge on any atom is -0.486 e. The normalized spacial score (nSPS) is 16.1. The van der Waals surface area contributed by atoms with Crippen LogP contribution in [0.15, 0.2) is 36.5 Å². The molecule has 3 heterocycles. The lowest BCUT2D eigenvalue weighted by molar-refractivity contribution is -0.119. The zero-order valence-corrected chi connectivity index (χ0v) is 23.6. The molecule has 0 radical (unpaired) electrons. The fraction of sp³-hybridized carbons (Fsp3) is 0.452. The minimum absolute atomic E-state index is 0.0412. The number of rotatable bonds is 7. The number of ether oxygens (including phenoxy) is 1. The zero-order chi connectivity index (χ0) is 28.4. The third-order valence-corrected chi connectivity index (χ3v) is 7.96. The van der Waals surface area contributed by atoms with Crippen LogP contribution < -0.4 is 15.0 Å². The van der Waals surface area contributed by atoms with Gasteiger partial charge in [-0.1, -0.05) is 18.2 Å². The highest BCUT2D eigenvalue weighted by molar-refractivity contribution is 5.78. The number of anilines is 1. The summed E-state index contributed by atoms with van der Waals surface area (Å²) in [7, 11) is 3.78. The van der Waals surface area contributed by atoms with Crippen molar-refractivity contribution in [2.45, 2.75) is 51.5 Å². The van der Waals surface area contributed by atoms with Gasteiger partial charge in [-0.3, -0.25) is 4.79 Å². The Hall–Kier alpha value is -3.59. The van der Waals surface area contributed by atoms with Crippen LogP contribution in [0.25, 0.3) is 11.3 Å². The van der Waals surface area contributed by atoms with E-state index in [1.807, 2.05) is 30.9 Å². The van der Waals surface area contributed by atoms with Crippen molar-refractivity contribution in [3.8, 4) is 17.0 Å². The standard InChI is InChI=1S/C31H37F2N5O2/c1-19(2)38-11-12-40-31-25(32)15-23(16-27(31)38)30-26(33)18-35-28(36-30)14-20-5-6-24(21-7-9-37(4)10-8-21)22(13-20)17-29(39)34-3/h5-6,13,15-16,18-19,21H,7-12,14,17H2,1-4H3,(H,34,39). The summed E-state index contributed by atoms with van der Waals surface area (Å²) in [5, 5.41) is 2.73. The molecule has 2 aromatic carbocycles. The van der Waals surface area contributed by atoms with E-state index in [2.05, 4.69) is 33.3 Å². The number of likely N-dealkylation sites (N-methyl/N-ethyl adjacent to an activating group) is 1. The third kappa shape index (κ3) is 5.94. The van der Waals surface area contributed by atoms with Crippen LogP contribution >= 0.6 is 0 Å². The summed E-state index contributed by atoms with van der Waals surface area (Å²) in [6, 6.07) is 9.35. The first-order valence-corrected chi connectivity index (χ1v) is 14.0. The molecule has 9 heteroatoms. The molecule has 1 N–H and O–H groups in total. The summed E-state index contributed by atoms with van der Waals surface area (Å²) in [6.07, 6.45) is 3.90. The Morgan fingerprint density at radius 3 is 2.62 bits per heavy atom. The van der Waals surface area contributed by atoms with Crippen molar-refractivity contribution in [3.63, 3.8) is 0 Å². The fourth-order valence-electron chi connectivity index (χ4n) is 5.75. The van der Waals surface area contributed by atoms with E-state index in [9.17, 15) is 4.79 Å². The summed E-state index contributed by atoms with van der Waals surface area (Å²) < 4.78 is 35.7. The van der Waals surface area contributed by atoms with Crippen LogP contribution in [-0.4, -0.2) is 67.2 Å². The number of likely N-dealkylation sites (tertiary alicyclic amines) is 1. The van der Waals surface area contributed by atoms with Crippen molar-refractivity contribution in [3.05, 3.63) is 70.7 Å². The van der Waals surface area contributed by atoms with E-state index in [1.54, 1.807) is 13.1 Å². The van der Waals surface area contributed by atoms with Gasteiger partial charge in [0.25, 0.3) is 0 Å². The second-order valence-electron chi connectivity index (χ2n) is 11.1. The molecular formula is C31H37F2N5O2. The van der Waals surface area contributed by atoms with Crippen LogP contribution in [0.3, 0.4) is 0 Å². The number of aromatic nitrogens is 2. The van der Waals surface area contributed by atoms with Gasteiger partial charge in [-0.15, -0.1) is 0 Å². The van der Waals surface area contributed by atoms with E-state index in [1.165, 1.54) is 11.6 Å². The molecule has 2 aliphatic heterocycles. The topological polar surface area (TPSA) is 70.6 Å². The molecule has 0 bridgehead atoms. The predicted molar refractivity (Wildman–Crippen MR) is 152 cm³/mol. The van der Waals surface area contributed by atoms with Crippen LogP contribution in [-0.2, 0) is 17.6 Å². The molecule has 0 unspecified atom stereocenters. The Morgan fingerprint density at radius 2 is 1.90 bits per heavy atom. The smallest absolute Gasteiger partial charge is 0.224 e. The van der Waals surface area contributed by atoms with Gasteiger partial charge in [0.1, 0.15) is 18.1 Å². The first kappa shape index (κ1) is 28.0. The Morgan fingerprint density at radius 1 is 1.12 bits per heavy atom. The second kappa shape index (κ2) is 11.9. The number of carbonyl (C=O) groups excluding carboxylic acids is 1. The largest absolute Gasteiger partial charge is 0.486 e. The highest BCUT2D eigenvalue weighted by Gasteiger charge is 2.26.